The van der Waals surface area contributed by atoms with Crippen molar-refractivity contribution in [3.63, 3.8) is 0 Å². The van der Waals surface area contributed by atoms with Crippen LogP contribution in [-0.2, 0) is 0 Å². The summed E-state index contributed by atoms with van der Waals surface area (Å²) in [5, 5.41) is 29.7. The molecule has 0 aromatic carbocycles. The fourth-order valence-electron chi connectivity index (χ4n) is 4.46. The van der Waals surface area contributed by atoms with Crippen molar-refractivity contribution in [3.8, 4) is 0 Å². The van der Waals surface area contributed by atoms with Gasteiger partial charge in [-0.15, -0.1) is 0 Å². The highest BCUT2D eigenvalue weighted by molar-refractivity contribution is 4.82. The lowest BCUT2D eigenvalue weighted by Crippen LogP contribution is -2.54. The molecule has 186 valence electrons. The van der Waals surface area contributed by atoms with Crippen LogP contribution < -0.4 is 0 Å². The quantitative estimate of drug-likeness (QED) is 0.542. The van der Waals surface area contributed by atoms with E-state index in [1.54, 1.807) is 0 Å². The van der Waals surface area contributed by atoms with Crippen LogP contribution in [0.1, 0.15) is 48.5 Å². The minimum absolute atomic E-state index is 0.146. The first-order valence-electron chi connectivity index (χ1n) is 12.2. The first-order valence-corrected chi connectivity index (χ1v) is 12.2. The summed E-state index contributed by atoms with van der Waals surface area (Å²) in [5.41, 5.74) is 0.477. The molecule has 0 aromatic rings. The van der Waals surface area contributed by atoms with E-state index in [0.717, 1.165) is 72.0 Å². The predicted molar refractivity (Wildman–Crippen MR) is 129 cm³/mol. The van der Waals surface area contributed by atoms with E-state index in [-0.39, 0.29) is 24.0 Å². The molecule has 2 unspecified atom stereocenters. The maximum absolute atomic E-state index is 10.3. The molecule has 1 saturated heterocycles. The highest BCUT2D eigenvalue weighted by Crippen LogP contribution is 2.18. The summed E-state index contributed by atoms with van der Waals surface area (Å²) >= 11 is 0. The van der Waals surface area contributed by atoms with Crippen molar-refractivity contribution in [3.05, 3.63) is 0 Å². The van der Waals surface area contributed by atoms with Gasteiger partial charge in [0.25, 0.3) is 0 Å². The van der Waals surface area contributed by atoms with Gasteiger partial charge in [-0.05, 0) is 17.4 Å². The highest BCUT2D eigenvalue weighted by atomic mass is 16.3. The molecular formula is C24H52N4O3. The number of aliphatic hydroxyl groups excluding tert-OH is 3. The van der Waals surface area contributed by atoms with Crippen molar-refractivity contribution < 1.29 is 15.3 Å². The summed E-state index contributed by atoms with van der Waals surface area (Å²) in [6.07, 6.45) is -0.925. The zero-order chi connectivity index (χ0) is 23.7. The van der Waals surface area contributed by atoms with Crippen LogP contribution in [0.25, 0.3) is 0 Å². The van der Waals surface area contributed by atoms with Crippen LogP contribution in [0.2, 0.25) is 0 Å². The van der Waals surface area contributed by atoms with Crippen molar-refractivity contribution in [1.29, 1.82) is 0 Å². The lowest BCUT2D eigenvalue weighted by molar-refractivity contribution is -0.0208. The molecule has 1 aliphatic rings. The van der Waals surface area contributed by atoms with E-state index in [2.05, 4.69) is 68.1 Å². The summed E-state index contributed by atoms with van der Waals surface area (Å²) < 4.78 is 0. The Kier molecular flexibility index (Phi) is 12.5. The Balaban J connectivity index is 3.03. The van der Waals surface area contributed by atoms with Gasteiger partial charge in [-0.25, -0.2) is 0 Å². The van der Waals surface area contributed by atoms with Crippen LogP contribution in [0.15, 0.2) is 0 Å². The Hall–Kier alpha value is -0.280. The van der Waals surface area contributed by atoms with Gasteiger partial charge in [-0.3, -0.25) is 4.90 Å². The minimum atomic E-state index is -0.925. The fraction of sp³-hybridized carbons (Fsp3) is 1.00. The second-order valence-electron chi connectivity index (χ2n) is 11.6. The van der Waals surface area contributed by atoms with Gasteiger partial charge >= 0.3 is 0 Å². The third kappa shape index (κ3) is 11.9. The van der Waals surface area contributed by atoms with E-state index in [4.69, 9.17) is 0 Å². The monoisotopic (exact) mass is 444 g/mol. The SMILES string of the molecule is CCN1CCN(CC(C)(C)C)CCN(CC(C)(C)C)CCN(C(CO)C(O)CO)CC1. The van der Waals surface area contributed by atoms with Gasteiger partial charge in [0.2, 0.25) is 0 Å². The van der Waals surface area contributed by atoms with E-state index in [9.17, 15) is 15.3 Å². The van der Waals surface area contributed by atoms with Gasteiger partial charge < -0.3 is 30.0 Å². The van der Waals surface area contributed by atoms with Crippen LogP contribution in [0, 0.1) is 10.8 Å². The molecule has 3 N–H and O–H groups in total. The average Bonchev–Trinajstić information content (AvgIpc) is 2.65. The smallest absolute Gasteiger partial charge is 0.0947 e. The third-order valence-electron chi connectivity index (χ3n) is 6.00. The topological polar surface area (TPSA) is 73.7 Å². The Labute approximate surface area is 192 Å². The van der Waals surface area contributed by atoms with Gasteiger partial charge in [0.05, 0.1) is 25.4 Å². The molecule has 0 saturated carbocycles. The van der Waals surface area contributed by atoms with Gasteiger partial charge in [-0.1, -0.05) is 48.5 Å². The maximum atomic E-state index is 10.3. The number of hydrogen-bond donors (Lipinski definition) is 3. The van der Waals surface area contributed by atoms with Gasteiger partial charge in [0.15, 0.2) is 0 Å². The predicted octanol–water partition coefficient (Wildman–Crippen LogP) is 1.03. The summed E-state index contributed by atoms with van der Waals surface area (Å²) in [6, 6.07) is -0.430. The molecule has 0 aromatic heterocycles. The van der Waals surface area contributed by atoms with Crippen LogP contribution >= 0.6 is 0 Å². The normalized spacial score (nSPS) is 22.6. The summed E-state index contributed by atoms with van der Waals surface area (Å²) in [5.74, 6) is 0. The molecule has 7 nitrogen and oxygen atoms in total. The molecule has 7 heteroatoms. The lowest BCUT2D eigenvalue weighted by atomic mass is 9.95. The number of nitrogens with zero attached hydrogens (tertiary/aromatic N) is 4. The number of hydrogen-bond acceptors (Lipinski definition) is 7. The largest absolute Gasteiger partial charge is 0.395 e. The number of rotatable bonds is 7. The van der Waals surface area contributed by atoms with Crippen LogP contribution in [-0.4, -0.2) is 132 Å². The fourth-order valence-corrected chi connectivity index (χ4v) is 4.46. The molecule has 0 amide bonds. The third-order valence-corrected chi connectivity index (χ3v) is 6.00. The lowest BCUT2D eigenvalue weighted by Gasteiger charge is -2.40. The van der Waals surface area contributed by atoms with Crippen molar-refractivity contribution in [2.24, 2.45) is 10.8 Å². The summed E-state index contributed by atoms with van der Waals surface area (Å²) in [6.45, 7) is 26.1. The molecule has 2 atom stereocenters. The van der Waals surface area contributed by atoms with Gasteiger partial charge in [-0.2, -0.15) is 0 Å². The van der Waals surface area contributed by atoms with Crippen LogP contribution in [0.4, 0.5) is 0 Å². The number of aliphatic hydroxyl groups is 3. The van der Waals surface area contributed by atoms with E-state index >= 15 is 0 Å². The zero-order valence-electron chi connectivity index (χ0n) is 21.5. The van der Waals surface area contributed by atoms with Crippen LogP contribution in [0.5, 0.6) is 0 Å². The van der Waals surface area contributed by atoms with Crippen molar-refractivity contribution in [2.45, 2.75) is 60.6 Å². The zero-order valence-corrected chi connectivity index (χ0v) is 21.5. The molecule has 1 heterocycles. The molecule has 0 spiro atoms. The Morgan fingerprint density at radius 2 is 1.03 bits per heavy atom. The van der Waals surface area contributed by atoms with E-state index in [0.29, 0.717) is 0 Å². The molecule has 0 bridgehead atoms. The second-order valence-corrected chi connectivity index (χ2v) is 11.6. The molecule has 1 fully saturated rings. The standard InChI is InChI=1S/C24H52N4O3/c1-8-25-9-10-26(19-23(2,3)4)11-12-27(20-24(5,6)7)14-16-28(15-13-25)21(17-29)22(31)18-30/h21-22,29-31H,8-20H2,1-7H3. The first kappa shape index (κ1) is 28.8. The molecule has 0 aliphatic carbocycles. The summed E-state index contributed by atoms with van der Waals surface area (Å²) in [7, 11) is 0. The number of likely N-dealkylation sites (N-methyl/N-ethyl adjacent to an activating group) is 1. The van der Waals surface area contributed by atoms with Crippen molar-refractivity contribution in [1.82, 2.24) is 19.6 Å². The summed E-state index contributed by atoms with van der Waals surface area (Å²) in [4.78, 5) is 9.77. The molecule has 1 aliphatic heterocycles. The molecular weight excluding hydrogens is 392 g/mol. The average molecular weight is 445 g/mol. The van der Waals surface area contributed by atoms with E-state index < -0.39 is 12.1 Å². The van der Waals surface area contributed by atoms with Crippen molar-refractivity contribution in [2.75, 3.05) is 85.2 Å². The second kappa shape index (κ2) is 13.4. The van der Waals surface area contributed by atoms with E-state index in [1.165, 1.54) is 0 Å². The molecule has 0 radical (unpaired) electrons. The van der Waals surface area contributed by atoms with Crippen molar-refractivity contribution >= 4 is 0 Å². The van der Waals surface area contributed by atoms with Crippen LogP contribution in [0.3, 0.4) is 0 Å². The molecule has 1 rings (SSSR count). The first-order chi connectivity index (χ1) is 14.4. The minimum Gasteiger partial charge on any atom is -0.395 e. The Bertz CT molecular complexity index is 478. The van der Waals surface area contributed by atoms with E-state index in [1.807, 2.05) is 0 Å². The maximum Gasteiger partial charge on any atom is 0.0947 e. The highest BCUT2D eigenvalue weighted by Gasteiger charge is 2.27. The van der Waals surface area contributed by atoms with Gasteiger partial charge in [0, 0.05) is 65.4 Å². The van der Waals surface area contributed by atoms with Gasteiger partial charge in [0.1, 0.15) is 0 Å². The Morgan fingerprint density at radius 1 is 0.645 bits per heavy atom. The Morgan fingerprint density at radius 3 is 1.39 bits per heavy atom. The molecule has 31 heavy (non-hydrogen) atoms.